The van der Waals surface area contributed by atoms with Crippen molar-refractivity contribution in [2.24, 2.45) is 13.0 Å². The predicted molar refractivity (Wildman–Crippen MR) is 87.1 cm³/mol. The van der Waals surface area contributed by atoms with Gasteiger partial charge in [0.15, 0.2) is 5.69 Å². The van der Waals surface area contributed by atoms with E-state index >= 15 is 0 Å². The Kier molecular flexibility index (Phi) is 4.86. The van der Waals surface area contributed by atoms with Gasteiger partial charge in [-0.1, -0.05) is 0 Å². The lowest BCUT2D eigenvalue weighted by Crippen LogP contribution is -2.33. The number of aromatic nitrogens is 2. The third-order valence-corrected chi connectivity index (χ3v) is 4.57. The SMILES string of the molecule is CN1C[C@H](c2cc(C(F)(F)F)nn2C)[C@@H](C(=O)Nc2ccc(F)cc2F)C1=O. The van der Waals surface area contributed by atoms with E-state index in [2.05, 4.69) is 10.4 Å². The molecular formula is C17H15F5N4O2. The lowest BCUT2D eigenvalue weighted by atomic mass is 9.91. The van der Waals surface area contributed by atoms with Crippen LogP contribution in [-0.2, 0) is 22.8 Å². The molecule has 150 valence electrons. The van der Waals surface area contributed by atoms with Crippen LogP contribution in [0.1, 0.15) is 17.3 Å². The smallest absolute Gasteiger partial charge is 0.344 e. The van der Waals surface area contributed by atoms with Crippen molar-refractivity contribution in [1.29, 1.82) is 0 Å². The summed E-state index contributed by atoms with van der Waals surface area (Å²) in [7, 11) is 2.68. The van der Waals surface area contributed by atoms with Crippen LogP contribution >= 0.6 is 0 Å². The first-order chi connectivity index (χ1) is 13.0. The number of carbonyl (C=O) groups excluding carboxylic acids is 2. The summed E-state index contributed by atoms with van der Waals surface area (Å²) in [5.74, 6) is -5.72. The Labute approximate surface area is 155 Å². The van der Waals surface area contributed by atoms with Crippen molar-refractivity contribution in [2.75, 3.05) is 18.9 Å². The van der Waals surface area contributed by atoms with E-state index in [9.17, 15) is 31.5 Å². The number of anilines is 1. The minimum atomic E-state index is -4.68. The number of hydrogen-bond donors (Lipinski definition) is 1. The minimum absolute atomic E-state index is 0.0142. The topological polar surface area (TPSA) is 67.2 Å². The fourth-order valence-electron chi connectivity index (χ4n) is 3.23. The van der Waals surface area contributed by atoms with E-state index in [0.29, 0.717) is 6.07 Å². The van der Waals surface area contributed by atoms with Gasteiger partial charge < -0.3 is 10.2 Å². The van der Waals surface area contributed by atoms with E-state index in [1.165, 1.54) is 19.0 Å². The van der Waals surface area contributed by atoms with Crippen LogP contribution < -0.4 is 5.32 Å². The highest BCUT2D eigenvalue weighted by molar-refractivity contribution is 6.08. The molecule has 2 heterocycles. The molecule has 2 aromatic rings. The minimum Gasteiger partial charge on any atom is -0.344 e. The molecule has 0 radical (unpaired) electrons. The summed E-state index contributed by atoms with van der Waals surface area (Å²) in [5.41, 5.74) is -1.44. The van der Waals surface area contributed by atoms with Crippen LogP contribution in [0.15, 0.2) is 24.3 Å². The molecule has 1 aromatic heterocycles. The van der Waals surface area contributed by atoms with E-state index in [4.69, 9.17) is 0 Å². The Morgan fingerprint density at radius 2 is 1.89 bits per heavy atom. The fourth-order valence-corrected chi connectivity index (χ4v) is 3.23. The Morgan fingerprint density at radius 1 is 1.21 bits per heavy atom. The van der Waals surface area contributed by atoms with Gasteiger partial charge in [-0.2, -0.15) is 18.3 Å². The standard InChI is InChI=1S/C17H15F5N4O2/c1-25-7-9(12-6-13(17(20,21)22)24-26(12)2)14(16(25)28)15(27)23-11-4-3-8(18)5-10(11)19/h3-6,9,14H,7H2,1-2H3,(H,23,27)/t9-,14+/m1/s1. The molecule has 6 nitrogen and oxygen atoms in total. The molecule has 11 heteroatoms. The zero-order valence-corrected chi connectivity index (χ0v) is 14.7. The van der Waals surface area contributed by atoms with Crippen molar-refractivity contribution in [1.82, 2.24) is 14.7 Å². The Bertz CT molecular complexity index is 940. The third-order valence-electron chi connectivity index (χ3n) is 4.57. The van der Waals surface area contributed by atoms with Crippen molar-refractivity contribution in [3.63, 3.8) is 0 Å². The Balaban J connectivity index is 1.93. The molecule has 1 saturated heterocycles. The number of alkyl halides is 3. The molecule has 2 amide bonds. The number of aryl methyl sites for hydroxylation is 1. The number of benzene rings is 1. The van der Waals surface area contributed by atoms with Crippen molar-refractivity contribution < 1.29 is 31.5 Å². The van der Waals surface area contributed by atoms with Gasteiger partial charge >= 0.3 is 6.18 Å². The summed E-state index contributed by atoms with van der Waals surface area (Å²) in [6, 6.07) is 3.27. The summed E-state index contributed by atoms with van der Waals surface area (Å²) >= 11 is 0. The van der Waals surface area contributed by atoms with E-state index < -0.39 is 47.2 Å². The average molecular weight is 402 g/mol. The molecule has 0 spiro atoms. The van der Waals surface area contributed by atoms with Crippen LogP contribution in [0.4, 0.5) is 27.6 Å². The highest BCUT2D eigenvalue weighted by atomic mass is 19.4. The monoisotopic (exact) mass is 402 g/mol. The van der Waals surface area contributed by atoms with Gasteiger partial charge in [-0.3, -0.25) is 14.3 Å². The van der Waals surface area contributed by atoms with Crippen LogP contribution in [-0.4, -0.2) is 40.1 Å². The van der Waals surface area contributed by atoms with Crippen molar-refractivity contribution in [3.8, 4) is 0 Å². The molecule has 3 rings (SSSR count). The van der Waals surface area contributed by atoms with E-state index in [1.807, 2.05) is 0 Å². The maximum Gasteiger partial charge on any atom is 0.435 e. The molecule has 1 N–H and O–H groups in total. The molecule has 0 aliphatic carbocycles. The summed E-state index contributed by atoms with van der Waals surface area (Å²) < 4.78 is 66.6. The highest BCUT2D eigenvalue weighted by Crippen LogP contribution is 2.37. The number of nitrogens with zero attached hydrogens (tertiary/aromatic N) is 3. The van der Waals surface area contributed by atoms with Crippen LogP contribution in [0.2, 0.25) is 0 Å². The third kappa shape index (κ3) is 3.56. The van der Waals surface area contributed by atoms with E-state index in [1.54, 1.807) is 0 Å². The molecule has 1 aromatic carbocycles. The largest absolute Gasteiger partial charge is 0.435 e. The predicted octanol–water partition coefficient (Wildman–Crippen LogP) is 2.53. The fraction of sp³-hybridized carbons (Fsp3) is 0.353. The first-order valence-electron chi connectivity index (χ1n) is 8.11. The van der Waals surface area contributed by atoms with Gasteiger partial charge in [0.05, 0.1) is 5.69 Å². The summed E-state index contributed by atoms with van der Waals surface area (Å²) in [6.07, 6.45) is -4.68. The summed E-state index contributed by atoms with van der Waals surface area (Å²) in [6.45, 7) is -0.0142. The molecule has 0 unspecified atom stereocenters. The number of carbonyl (C=O) groups is 2. The maximum atomic E-state index is 13.8. The van der Waals surface area contributed by atoms with Gasteiger partial charge in [-0.15, -0.1) is 0 Å². The second-order valence-corrected chi connectivity index (χ2v) is 6.49. The number of likely N-dealkylation sites (tertiary alicyclic amines) is 1. The molecule has 1 aliphatic rings. The van der Waals surface area contributed by atoms with Crippen molar-refractivity contribution in [2.45, 2.75) is 12.1 Å². The average Bonchev–Trinajstić information content (AvgIpc) is 3.10. The molecule has 1 aliphatic heterocycles. The quantitative estimate of drug-likeness (QED) is 0.634. The number of rotatable bonds is 3. The first-order valence-corrected chi connectivity index (χ1v) is 8.11. The van der Waals surface area contributed by atoms with E-state index in [-0.39, 0.29) is 17.9 Å². The van der Waals surface area contributed by atoms with Gasteiger partial charge in [0.1, 0.15) is 17.6 Å². The Morgan fingerprint density at radius 3 is 2.46 bits per heavy atom. The molecule has 0 saturated carbocycles. The summed E-state index contributed by atoms with van der Waals surface area (Å²) in [5, 5.41) is 5.61. The highest BCUT2D eigenvalue weighted by Gasteiger charge is 2.47. The number of likely N-dealkylation sites (N-methyl/N-ethyl adjacent to an activating group) is 1. The molecular weight excluding hydrogens is 387 g/mol. The Hall–Kier alpha value is -2.98. The lowest BCUT2D eigenvalue weighted by molar-refractivity contribution is -0.141. The molecule has 0 bridgehead atoms. The second-order valence-electron chi connectivity index (χ2n) is 6.49. The van der Waals surface area contributed by atoms with Crippen LogP contribution in [0.5, 0.6) is 0 Å². The molecule has 1 fully saturated rings. The summed E-state index contributed by atoms with van der Waals surface area (Å²) in [4.78, 5) is 26.3. The molecule has 2 atom stereocenters. The molecule has 28 heavy (non-hydrogen) atoms. The van der Waals surface area contributed by atoms with Crippen molar-refractivity contribution >= 4 is 17.5 Å². The van der Waals surface area contributed by atoms with Gasteiger partial charge in [-0.05, 0) is 18.2 Å². The van der Waals surface area contributed by atoms with Gasteiger partial charge in [-0.25, -0.2) is 8.78 Å². The normalized spacial score (nSPS) is 20.0. The maximum absolute atomic E-state index is 13.8. The number of hydrogen-bond acceptors (Lipinski definition) is 3. The first kappa shape index (κ1) is 19.8. The van der Waals surface area contributed by atoms with Gasteiger partial charge in [0.2, 0.25) is 11.8 Å². The van der Waals surface area contributed by atoms with Crippen LogP contribution in [0.3, 0.4) is 0 Å². The number of nitrogens with one attached hydrogen (secondary N) is 1. The van der Waals surface area contributed by atoms with E-state index in [0.717, 1.165) is 22.9 Å². The zero-order valence-electron chi connectivity index (χ0n) is 14.7. The van der Waals surface area contributed by atoms with Crippen LogP contribution in [0.25, 0.3) is 0 Å². The van der Waals surface area contributed by atoms with Gasteiger partial charge in [0.25, 0.3) is 0 Å². The van der Waals surface area contributed by atoms with Crippen molar-refractivity contribution in [3.05, 3.63) is 47.3 Å². The number of amides is 2. The van der Waals surface area contributed by atoms with Gasteiger partial charge in [0, 0.05) is 38.3 Å². The zero-order chi connectivity index (χ0) is 20.8. The lowest BCUT2D eigenvalue weighted by Gasteiger charge is -2.17. The number of halogens is 5. The second kappa shape index (κ2) is 6.88. The van der Waals surface area contributed by atoms with Crippen LogP contribution in [0, 0.1) is 17.6 Å².